The van der Waals surface area contributed by atoms with Crippen molar-refractivity contribution >= 4 is 11.4 Å². The second kappa shape index (κ2) is 9.68. The summed E-state index contributed by atoms with van der Waals surface area (Å²) in [6, 6.07) is 19.8. The summed E-state index contributed by atoms with van der Waals surface area (Å²) in [4.78, 5) is 0. The molecule has 0 saturated heterocycles. The van der Waals surface area contributed by atoms with Crippen LogP contribution in [0.15, 0.2) is 60.8 Å². The van der Waals surface area contributed by atoms with E-state index in [9.17, 15) is 0 Å². The molecule has 2 nitrogen and oxygen atoms in total. The van der Waals surface area contributed by atoms with Gasteiger partial charge >= 0.3 is 0 Å². The molecule has 0 amide bonds. The van der Waals surface area contributed by atoms with Crippen LogP contribution in [0.3, 0.4) is 0 Å². The van der Waals surface area contributed by atoms with E-state index in [0.29, 0.717) is 5.92 Å². The van der Waals surface area contributed by atoms with E-state index in [-0.39, 0.29) is 10.8 Å². The van der Waals surface area contributed by atoms with Crippen LogP contribution in [-0.2, 0) is 17.3 Å². The van der Waals surface area contributed by atoms with Gasteiger partial charge in [0.2, 0.25) is 0 Å². The number of hydrogen-bond donors (Lipinski definition) is 1. The number of benzene rings is 3. The van der Waals surface area contributed by atoms with Crippen LogP contribution in [0.1, 0.15) is 105 Å². The lowest BCUT2D eigenvalue weighted by molar-refractivity contribution is 0.323. The molecule has 6 rings (SSSR count). The van der Waals surface area contributed by atoms with Gasteiger partial charge in [-0.3, -0.25) is 0 Å². The fourth-order valence-corrected chi connectivity index (χ4v) is 7.76. The highest BCUT2D eigenvalue weighted by molar-refractivity contribution is 5.76. The number of anilines is 2. The summed E-state index contributed by atoms with van der Waals surface area (Å²) in [6.07, 6.45) is 8.58. The van der Waals surface area contributed by atoms with Gasteiger partial charge in [0.05, 0.1) is 5.69 Å². The van der Waals surface area contributed by atoms with Crippen molar-refractivity contribution in [2.45, 2.75) is 104 Å². The summed E-state index contributed by atoms with van der Waals surface area (Å²) in [7, 11) is 0. The van der Waals surface area contributed by atoms with E-state index in [1.165, 1.54) is 88.2 Å². The van der Waals surface area contributed by atoms with Crippen LogP contribution >= 0.6 is 0 Å². The zero-order valence-corrected chi connectivity index (χ0v) is 25.8. The van der Waals surface area contributed by atoms with Crippen LogP contribution < -0.4 is 5.32 Å². The zero-order chi connectivity index (χ0) is 28.4. The number of fused-ring (bicyclic) bond motifs is 2. The number of rotatable bonds is 4. The molecule has 0 radical (unpaired) electrons. The lowest BCUT2D eigenvalue weighted by Crippen LogP contribution is -2.35. The Hall–Kier alpha value is -3.26. The van der Waals surface area contributed by atoms with Gasteiger partial charge in [0.15, 0.2) is 0 Å². The van der Waals surface area contributed by atoms with Gasteiger partial charge in [0.1, 0.15) is 0 Å². The molecule has 1 unspecified atom stereocenters. The van der Waals surface area contributed by atoms with Gasteiger partial charge < -0.3 is 9.88 Å². The highest BCUT2D eigenvalue weighted by Gasteiger charge is 2.42. The predicted octanol–water partition coefficient (Wildman–Crippen LogP) is 10.6. The van der Waals surface area contributed by atoms with Crippen LogP contribution in [0.2, 0.25) is 0 Å². The lowest BCUT2D eigenvalue weighted by atomic mass is 9.65. The third-order valence-corrected chi connectivity index (χ3v) is 10.3. The highest BCUT2D eigenvalue weighted by atomic mass is 15.0. The van der Waals surface area contributed by atoms with Crippen molar-refractivity contribution in [1.82, 2.24) is 4.57 Å². The summed E-state index contributed by atoms with van der Waals surface area (Å²) >= 11 is 0. The van der Waals surface area contributed by atoms with Crippen molar-refractivity contribution in [2.24, 2.45) is 0 Å². The Kier molecular flexibility index (Phi) is 6.52. The average molecular weight is 531 g/mol. The zero-order valence-electron chi connectivity index (χ0n) is 25.8. The Morgan fingerprint density at radius 3 is 2.12 bits per heavy atom. The van der Waals surface area contributed by atoms with Crippen LogP contribution in [-0.4, -0.2) is 4.57 Å². The van der Waals surface area contributed by atoms with Crippen molar-refractivity contribution in [2.75, 3.05) is 5.32 Å². The molecule has 1 aromatic heterocycles. The third kappa shape index (κ3) is 4.31. The van der Waals surface area contributed by atoms with E-state index < -0.39 is 0 Å². The molecule has 0 fully saturated rings. The van der Waals surface area contributed by atoms with Gasteiger partial charge in [-0.1, -0.05) is 77.1 Å². The van der Waals surface area contributed by atoms with Crippen LogP contribution in [0.4, 0.5) is 11.4 Å². The minimum Gasteiger partial charge on any atom is -0.354 e. The first-order valence-corrected chi connectivity index (χ1v) is 15.3. The quantitative estimate of drug-likeness (QED) is 0.278. The van der Waals surface area contributed by atoms with E-state index in [1.54, 1.807) is 11.1 Å². The summed E-state index contributed by atoms with van der Waals surface area (Å²) in [5, 5.41) is 4.07. The van der Waals surface area contributed by atoms with Crippen molar-refractivity contribution in [3.05, 3.63) is 99.9 Å². The maximum atomic E-state index is 4.07. The molecule has 0 spiro atoms. The van der Waals surface area contributed by atoms with E-state index in [1.807, 2.05) is 0 Å². The molecule has 1 N–H and O–H groups in total. The normalized spacial score (nSPS) is 19.1. The number of nitrogens with zero attached hydrogens (tertiary/aromatic N) is 1. The van der Waals surface area contributed by atoms with Crippen molar-refractivity contribution in [3.63, 3.8) is 0 Å². The van der Waals surface area contributed by atoms with E-state index >= 15 is 0 Å². The monoisotopic (exact) mass is 530 g/mol. The summed E-state index contributed by atoms with van der Waals surface area (Å²) in [5.74, 6) is 0.655. The first-order valence-electron chi connectivity index (χ1n) is 15.3. The van der Waals surface area contributed by atoms with Crippen molar-refractivity contribution in [1.29, 1.82) is 0 Å². The number of aromatic nitrogens is 1. The van der Waals surface area contributed by atoms with Crippen LogP contribution in [0, 0.1) is 20.8 Å². The van der Waals surface area contributed by atoms with Gasteiger partial charge in [0, 0.05) is 34.2 Å². The minimum atomic E-state index is 0.0914. The van der Waals surface area contributed by atoms with Crippen molar-refractivity contribution < 1.29 is 0 Å². The van der Waals surface area contributed by atoms with E-state index in [2.05, 4.69) is 126 Å². The maximum Gasteiger partial charge on any atom is 0.0609 e. The molecule has 40 heavy (non-hydrogen) atoms. The van der Waals surface area contributed by atoms with Crippen molar-refractivity contribution in [3.8, 4) is 16.8 Å². The summed E-state index contributed by atoms with van der Waals surface area (Å²) in [5.41, 5.74) is 17.0. The Labute approximate surface area is 241 Å². The third-order valence-electron chi connectivity index (χ3n) is 10.3. The molecule has 4 aromatic rings. The lowest BCUT2D eigenvalue weighted by Gasteiger charge is -2.41. The summed E-state index contributed by atoms with van der Waals surface area (Å²) in [6.45, 7) is 19.2. The first-order chi connectivity index (χ1) is 19.0. The fourth-order valence-electron chi connectivity index (χ4n) is 7.76. The topological polar surface area (TPSA) is 17.0 Å². The van der Waals surface area contributed by atoms with Gasteiger partial charge in [-0.25, -0.2) is 0 Å². The second-order valence-corrected chi connectivity index (χ2v) is 13.9. The Balaban J connectivity index is 1.51. The second-order valence-electron chi connectivity index (χ2n) is 13.9. The van der Waals surface area contributed by atoms with Crippen LogP contribution in [0.5, 0.6) is 0 Å². The molecule has 1 heterocycles. The predicted molar refractivity (Wildman–Crippen MR) is 172 cm³/mol. The fraction of sp³-hybridized carbons (Fsp3) is 0.421. The average Bonchev–Trinajstić information content (AvgIpc) is 3.35. The first kappa shape index (κ1) is 26.9. The molecule has 3 aromatic carbocycles. The smallest absolute Gasteiger partial charge is 0.0609 e. The maximum absolute atomic E-state index is 4.07. The molecular weight excluding hydrogens is 484 g/mol. The number of nitrogens with one attached hydrogen (secondary N) is 1. The SMILES string of the molecule is Cc1c(C)c2c(c(C)c1Nc1cn(-c3ccc(-c4ccccc4)cc3)c3c1C(C)(C)CCC3(C)C)CCCC2C. The Morgan fingerprint density at radius 1 is 0.775 bits per heavy atom. The standard InChI is InChI=1S/C38H46N2/c1-24-13-12-16-31-27(4)35(26(3)25(2)33(24)31)39-32-23-40(36-34(32)37(5,6)21-22-38(36,7)8)30-19-17-29(18-20-30)28-14-10-9-11-15-28/h9-11,14-15,17-20,23-24,39H,12-13,16,21-22H2,1-8H3. The Bertz CT molecular complexity index is 1560. The van der Waals surface area contributed by atoms with Gasteiger partial charge in [-0.05, 0) is 115 Å². The molecule has 2 heteroatoms. The summed E-state index contributed by atoms with van der Waals surface area (Å²) < 4.78 is 2.49. The highest BCUT2D eigenvalue weighted by Crippen LogP contribution is 2.52. The minimum absolute atomic E-state index is 0.0914. The van der Waals surface area contributed by atoms with Gasteiger partial charge in [0.25, 0.3) is 0 Å². The van der Waals surface area contributed by atoms with E-state index in [4.69, 9.17) is 0 Å². The van der Waals surface area contributed by atoms with Gasteiger partial charge in [-0.15, -0.1) is 0 Å². The molecular formula is C38H46N2. The molecule has 2 aliphatic carbocycles. The molecule has 0 saturated carbocycles. The largest absolute Gasteiger partial charge is 0.354 e. The molecule has 2 aliphatic rings. The molecule has 208 valence electrons. The Morgan fingerprint density at radius 2 is 1.43 bits per heavy atom. The molecule has 1 atom stereocenters. The van der Waals surface area contributed by atoms with Crippen LogP contribution in [0.25, 0.3) is 16.8 Å². The van der Waals surface area contributed by atoms with E-state index in [0.717, 1.165) is 0 Å². The molecule has 0 aliphatic heterocycles. The number of hydrogen-bond acceptors (Lipinski definition) is 1. The molecule has 0 bridgehead atoms. The van der Waals surface area contributed by atoms with Gasteiger partial charge in [-0.2, -0.15) is 0 Å².